The van der Waals surface area contributed by atoms with Gasteiger partial charge in [0, 0.05) is 26.2 Å². The molecule has 13 heavy (non-hydrogen) atoms. The molecule has 2 aliphatic heterocycles. The van der Waals surface area contributed by atoms with E-state index in [1.54, 1.807) is 0 Å². The van der Waals surface area contributed by atoms with Crippen molar-refractivity contribution in [1.29, 1.82) is 0 Å². The maximum absolute atomic E-state index is 5.86. The Morgan fingerprint density at radius 2 is 1.92 bits per heavy atom. The summed E-state index contributed by atoms with van der Waals surface area (Å²) in [5.74, 6) is 0.993. The van der Waals surface area contributed by atoms with E-state index in [9.17, 15) is 0 Å². The molecule has 0 saturated carbocycles. The molecular weight excluding hydrogens is 209 g/mol. The highest BCUT2D eigenvalue weighted by Crippen LogP contribution is 2.19. The van der Waals surface area contributed by atoms with Crippen LogP contribution in [0.25, 0.3) is 0 Å². The SMILES string of the molecule is ClC(Cl)N1CCCN2CCCN=C21. The first kappa shape index (κ1) is 9.41. The van der Waals surface area contributed by atoms with Gasteiger partial charge in [-0.3, -0.25) is 4.99 Å². The first-order valence-corrected chi connectivity index (χ1v) is 5.50. The summed E-state index contributed by atoms with van der Waals surface area (Å²) in [5.41, 5.74) is 0. The maximum atomic E-state index is 5.86. The molecule has 0 bridgehead atoms. The molecule has 0 atom stereocenters. The van der Waals surface area contributed by atoms with Crippen LogP contribution in [-0.2, 0) is 0 Å². The van der Waals surface area contributed by atoms with Gasteiger partial charge in [0.2, 0.25) is 0 Å². The largest absolute Gasteiger partial charge is 0.343 e. The van der Waals surface area contributed by atoms with Crippen molar-refractivity contribution in [2.75, 3.05) is 26.2 Å². The van der Waals surface area contributed by atoms with Gasteiger partial charge in [-0.25, -0.2) is 0 Å². The summed E-state index contributed by atoms with van der Waals surface area (Å²) in [5, 5.41) is 0. The van der Waals surface area contributed by atoms with Gasteiger partial charge in [-0.2, -0.15) is 0 Å². The van der Waals surface area contributed by atoms with Gasteiger partial charge in [-0.15, -0.1) is 0 Å². The van der Waals surface area contributed by atoms with E-state index in [4.69, 9.17) is 23.2 Å². The van der Waals surface area contributed by atoms with Crippen LogP contribution >= 0.6 is 23.2 Å². The smallest absolute Gasteiger partial charge is 0.198 e. The number of fused-ring (bicyclic) bond motifs is 1. The van der Waals surface area contributed by atoms with E-state index in [2.05, 4.69) is 9.89 Å². The average Bonchev–Trinajstić information content (AvgIpc) is 2.17. The Kier molecular flexibility index (Phi) is 2.84. The molecular formula is C8H13Cl2N3. The topological polar surface area (TPSA) is 18.8 Å². The lowest BCUT2D eigenvalue weighted by molar-refractivity contribution is 0.254. The molecule has 0 aromatic rings. The van der Waals surface area contributed by atoms with Crippen molar-refractivity contribution in [3.63, 3.8) is 0 Å². The summed E-state index contributed by atoms with van der Waals surface area (Å²) in [6.07, 6.45) is 2.27. The molecule has 0 N–H and O–H groups in total. The zero-order chi connectivity index (χ0) is 9.26. The minimum atomic E-state index is -0.459. The normalized spacial score (nSPS) is 23.2. The van der Waals surface area contributed by atoms with E-state index in [-0.39, 0.29) is 0 Å². The van der Waals surface area contributed by atoms with Gasteiger partial charge in [0.05, 0.1) is 0 Å². The molecule has 3 nitrogen and oxygen atoms in total. The Balaban J connectivity index is 2.15. The summed E-state index contributed by atoms with van der Waals surface area (Å²) < 4.78 is 0. The Bertz CT molecular complexity index is 217. The highest BCUT2D eigenvalue weighted by atomic mass is 35.5. The Morgan fingerprint density at radius 3 is 2.69 bits per heavy atom. The molecule has 1 fully saturated rings. The number of aliphatic imine (C=N–C) groups is 1. The van der Waals surface area contributed by atoms with Gasteiger partial charge < -0.3 is 9.80 Å². The zero-order valence-corrected chi connectivity index (χ0v) is 8.93. The van der Waals surface area contributed by atoms with Crippen molar-refractivity contribution < 1.29 is 0 Å². The third-order valence-corrected chi connectivity index (χ3v) is 2.91. The number of alkyl halides is 2. The van der Waals surface area contributed by atoms with Crippen LogP contribution in [0, 0.1) is 0 Å². The maximum Gasteiger partial charge on any atom is 0.198 e. The van der Waals surface area contributed by atoms with Crippen LogP contribution in [0.4, 0.5) is 0 Å². The van der Waals surface area contributed by atoms with Crippen LogP contribution in [0.1, 0.15) is 12.8 Å². The van der Waals surface area contributed by atoms with E-state index >= 15 is 0 Å². The number of nitrogens with zero attached hydrogens (tertiary/aromatic N) is 3. The molecule has 74 valence electrons. The second-order valence-corrected chi connectivity index (χ2v) is 4.40. The van der Waals surface area contributed by atoms with Crippen LogP contribution in [0.15, 0.2) is 4.99 Å². The lowest BCUT2D eigenvalue weighted by Gasteiger charge is -2.41. The van der Waals surface area contributed by atoms with Crippen molar-refractivity contribution in [3.8, 4) is 0 Å². The van der Waals surface area contributed by atoms with E-state index < -0.39 is 4.96 Å². The zero-order valence-electron chi connectivity index (χ0n) is 7.42. The van der Waals surface area contributed by atoms with Gasteiger partial charge in [0.15, 0.2) is 10.9 Å². The highest BCUT2D eigenvalue weighted by Gasteiger charge is 2.28. The summed E-state index contributed by atoms with van der Waals surface area (Å²) in [6, 6.07) is 0. The molecule has 0 spiro atoms. The lowest BCUT2D eigenvalue weighted by Crippen LogP contribution is -2.53. The molecule has 5 heteroatoms. The Labute approximate surface area is 88.3 Å². The fraction of sp³-hybridized carbons (Fsp3) is 0.875. The Morgan fingerprint density at radius 1 is 1.15 bits per heavy atom. The number of guanidine groups is 1. The molecule has 2 aliphatic rings. The molecule has 0 aromatic heterocycles. The third-order valence-electron chi connectivity index (χ3n) is 2.44. The fourth-order valence-corrected chi connectivity index (χ4v) is 2.21. The highest BCUT2D eigenvalue weighted by molar-refractivity contribution is 6.44. The standard InChI is InChI=1S/C8H13Cl2N3/c9-7(10)13-6-2-5-12-4-1-3-11-8(12)13/h7H,1-6H2. The predicted octanol–water partition coefficient (Wildman–Crippen LogP) is 1.52. The van der Waals surface area contributed by atoms with E-state index in [0.29, 0.717) is 0 Å². The number of hydrogen-bond donors (Lipinski definition) is 0. The van der Waals surface area contributed by atoms with Crippen LogP contribution in [0.5, 0.6) is 0 Å². The van der Waals surface area contributed by atoms with Gasteiger partial charge in [-0.1, -0.05) is 23.2 Å². The molecule has 0 amide bonds. The van der Waals surface area contributed by atoms with Crippen molar-refractivity contribution >= 4 is 29.2 Å². The van der Waals surface area contributed by atoms with Crippen molar-refractivity contribution in [2.45, 2.75) is 17.8 Å². The van der Waals surface area contributed by atoms with Crippen molar-refractivity contribution in [3.05, 3.63) is 0 Å². The summed E-state index contributed by atoms with van der Waals surface area (Å²) in [6.45, 7) is 4.02. The summed E-state index contributed by atoms with van der Waals surface area (Å²) >= 11 is 11.7. The van der Waals surface area contributed by atoms with E-state index in [1.807, 2.05) is 4.90 Å². The molecule has 0 aromatic carbocycles. The monoisotopic (exact) mass is 221 g/mol. The summed E-state index contributed by atoms with van der Waals surface area (Å²) in [4.78, 5) is 8.23. The first-order chi connectivity index (χ1) is 6.29. The van der Waals surface area contributed by atoms with Crippen LogP contribution in [0.2, 0.25) is 0 Å². The minimum absolute atomic E-state index is 0.459. The molecule has 0 radical (unpaired) electrons. The second kappa shape index (κ2) is 3.93. The van der Waals surface area contributed by atoms with Gasteiger partial charge in [0.1, 0.15) is 0 Å². The van der Waals surface area contributed by atoms with Crippen LogP contribution < -0.4 is 0 Å². The summed E-state index contributed by atoms with van der Waals surface area (Å²) in [7, 11) is 0. The van der Waals surface area contributed by atoms with E-state index in [1.165, 1.54) is 0 Å². The van der Waals surface area contributed by atoms with Gasteiger partial charge in [0.25, 0.3) is 0 Å². The lowest BCUT2D eigenvalue weighted by atomic mass is 10.2. The van der Waals surface area contributed by atoms with E-state index in [0.717, 1.165) is 45.0 Å². The third kappa shape index (κ3) is 1.86. The quantitative estimate of drug-likeness (QED) is 0.494. The first-order valence-electron chi connectivity index (χ1n) is 4.63. The molecule has 2 heterocycles. The van der Waals surface area contributed by atoms with Crippen LogP contribution in [0.3, 0.4) is 0 Å². The van der Waals surface area contributed by atoms with Gasteiger partial charge >= 0.3 is 0 Å². The average molecular weight is 222 g/mol. The minimum Gasteiger partial charge on any atom is -0.343 e. The number of rotatable bonds is 1. The predicted molar refractivity (Wildman–Crippen MR) is 55.3 cm³/mol. The molecule has 2 rings (SSSR count). The number of halogens is 2. The fourth-order valence-electron chi connectivity index (χ4n) is 1.84. The van der Waals surface area contributed by atoms with Crippen molar-refractivity contribution in [1.82, 2.24) is 9.80 Å². The second-order valence-electron chi connectivity index (χ2n) is 3.35. The molecule has 1 saturated heterocycles. The number of hydrogen-bond acceptors (Lipinski definition) is 3. The van der Waals surface area contributed by atoms with Crippen LogP contribution in [-0.4, -0.2) is 46.9 Å². The van der Waals surface area contributed by atoms with Gasteiger partial charge in [-0.05, 0) is 12.8 Å². The molecule has 0 aliphatic carbocycles. The van der Waals surface area contributed by atoms with Crippen molar-refractivity contribution in [2.24, 2.45) is 4.99 Å². The Hall–Kier alpha value is -0.150. The molecule has 0 unspecified atom stereocenters.